The third-order valence-electron chi connectivity index (χ3n) is 0.129. The molecule has 0 aromatic rings. The summed E-state index contributed by atoms with van der Waals surface area (Å²) in [6.45, 7) is 0.472. The van der Waals surface area contributed by atoms with Crippen LogP contribution in [0.2, 0.25) is 0 Å². The Morgan fingerprint density at radius 3 is 1.45 bits per heavy atom. The molecular weight excluding hydrogens is 189 g/mol. The van der Waals surface area contributed by atoms with E-state index in [4.69, 9.17) is 28.4 Å². The molecule has 0 heterocycles. The molecule has 0 fully saturated rings. The molecule has 0 amide bonds. The van der Waals surface area contributed by atoms with Crippen LogP contribution in [0.5, 0.6) is 0 Å². The number of rotatable bonds is 1. The number of aliphatic hydroxyl groups is 1. The zero-order chi connectivity index (χ0) is 7.91. The minimum absolute atomic E-state index is 0. The van der Waals surface area contributed by atoms with Crippen molar-refractivity contribution in [2.75, 3.05) is 13.2 Å². The van der Waals surface area contributed by atoms with Gasteiger partial charge in [0.25, 0.3) is 0 Å². The number of hydrogen-bond donors (Lipinski definition) is 4. The fourth-order valence-electron chi connectivity index (χ4n) is 0. The Morgan fingerprint density at radius 2 is 1.45 bits per heavy atom. The largest absolute Gasteiger partial charge is 1.00 e. The van der Waals surface area contributed by atoms with Crippen molar-refractivity contribution in [2.24, 2.45) is 5.73 Å². The molecule has 0 unspecified atom stereocenters. The van der Waals surface area contributed by atoms with Crippen molar-refractivity contribution in [1.82, 2.24) is 0 Å². The van der Waals surface area contributed by atoms with Crippen molar-refractivity contribution in [3.63, 3.8) is 0 Å². The molecule has 68 valence electrons. The van der Waals surface area contributed by atoms with Crippen LogP contribution in [-0.4, -0.2) is 41.3 Å². The molecule has 0 rings (SSSR count). The molecule has 0 spiro atoms. The Bertz CT molecular complexity index is 128. The van der Waals surface area contributed by atoms with Gasteiger partial charge < -0.3 is 17.7 Å². The Labute approximate surface area is 88.3 Å². The van der Waals surface area contributed by atoms with Crippen LogP contribution in [0.1, 0.15) is 1.43 Å². The van der Waals surface area contributed by atoms with Crippen LogP contribution in [0.25, 0.3) is 0 Å². The molecule has 0 radical (unpaired) electrons. The quantitative estimate of drug-likeness (QED) is 0.245. The predicted octanol–water partition coefficient (Wildman–Crippen LogP) is -5.42. The summed E-state index contributed by atoms with van der Waals surface area (Å²) in [4.78, 5) is 0. The van der Waals surface area contributed by atoms with Crippen molar-refractivity contribution in [3.8, 4) is 0 Å². The van der Waals surface area contributed by atoms with Gasteiger partial charge in [-0.3, -0.25) is 9.11 Å². The average molecular weight is 201 g/mol. The first-order valence-electron chi connectivity index (χ1n) is 1.92. The second-order valence-corrected chi connectivity index (χ2v) is 1.86. The van der Waals surface area contributed by atoms with E-state index < -0.39 is 10.4 Å². The maximum atomic E-state index is 8.74. The summed E-state index contributed by atoms with van der Waals surface area (Å²) in [7, 11) is -4.67. The topological polar surface area (TPSA) is 152 Å². The van der Waals surface area contributed by atoms with Gasteiger partial charge in [0.2, 0.25) is 0 Å². The van der Waals surface area contributed by atoms with E-state index in [0.717, 1.165) is 0 Å². The third-order valence-corrected chi connectivity index (χ3v) is 0.129. The normalized spacial score (nSPS) is 8.00. The van der Waals surface area contributed by atoms with E-state index in [9.17, 15) is 0 Å². The molecule has 0 atom stereocenters. The van der Waals surface area contributed by atoms with Gasteiger partial charge in [-0.05, 0) is 0 Å². The minimum Gasteiger partial charge on any atom is -1.00 e. The second kappa shape index (κ2) is 13.3. The molecule has 0 aromatic carbocycles. The van der Waals surface area contributed by atoms with Crippen LogP contribution in [0.15, 0.2) is 0 Å². The standard InChI is InChI=1S/C2H7NO.Na.H2O4S.H2O.H/c3-1-2-4;;1-5(2,3)4;;/h4H,1-3H2;;(H2,1,2,3,4);1H2;/q;+1;;;-1. The van der Waals surface area contributed by atoms with E-state index >= 15 is 0 Å². The molecule has 0 aliphatic rings. The summed E-state index contributed by atoms with van der Waals surface area (Å²) in [6, 6.07) is 0. The smallest absolute Gasteiger partial charge is 1.00 e. The first-order chi connectivity index (χ1) is 3.91. The molecule has 0 saturated carbocycles. The SMILES string of the molecule is NCCO.O.O=S(=O)(O)O.[H-].[Na+]. The van der Waals surface area contributed by atoms with E-state index in [1.165, 1.54) is 0 Å². The van der Waals surface area contributed by atoms with Crippen LogP contribution < -0.4 is 35.3 Å². The summed E-state index contributed by atoms with van der Waals surface area (Å²) in [5.74, 6) is 0. The van der Waals surface area contributed by atoms with Gasteiger partial charge in [0, 0.05) is 6.54 Å². The van der Waals surface area contributed by atoms with E-state index in [-0.39, 0.29) is 43.1 Å². The first kappa shape index (κ1) is 22.6. The van der Waals surface area contributed by atoms with Crippen molar-refractivity contribution in [1.29, 1.82) is 0 Å². The van der Waals surface area contributed by atoms with Crippen molar-refractivity contribution < 1.29 is 59.1 Å². The molecule has 0 bridgehead atoms. The molecular formula is C2H12NNaO6S. The maximum absolute atomic E-state index is 8.74. The van der Waals surface area contributed by atoms with Crippen LogP contribution in [0.4, 0.5) is 0 Å². The first-order valence-corrected chi connectivity index (χ1v) is 3.32. The Kier molecular flexibility index (Phi) is 27.4. The Balaban J connectivity index is -0.0000000221. The van der Waals surface area contributed by atoms with Gasteiger partial charge in [0.15, 0.2) is 0 Å². The zero-order valence-corrected chi connectivity index (χ0v) is 8.87. The van der Waals surface area contributed by atoms with Crippen LogP contribution in [-0.2, 0) is 10.4 Å². The molecule has 9 heteroatoms. The van der Waals surface area contributed by atoms with Gasteiger partial charge in [-0.25, -0.2) is 0 Å². The average Bonchev–Trinajstić information content (AvgIpc) is 1.61. The molecule has 7 N–H and O–H groups in total. The number of hydrogen-bond acceptors (Lipinski definition) is 4. The fraction of sp³-hybridized carbons (Fsp3) is 1.00. The van der Waals surface area contributed by atoms with Gasteiger partial charge in [-0.1, -0.05) is 0 Å². The summed E-state index contributed by atoms with van der Waals surface area (Å²) in [6.07, 6.45) is 0. The van der Waals surface area contributed by atoms with Crippen LogP contribution >= 0.6 is 0 Å². The minimum atomic E-state index is -4.67. The van der Waals surface area contributed by atoms with Crippen molar-refractivity contribution in [3.05, 3.63) is 0 Å². The number of nitrogens with two attached hydrogens (primary N) is 1. The molecule has 0 saturated heterocycles. The van der Waals surface area contributed by atoms with Gasteiger partial charge in [-0.2, -0.15) is 8.42 Å². The fourth-order valence-corrected chi connectivity index (χ4v) is 0. The molecule has 7 nitrogen and oxygen atoms in total. The second-order valence-electron chi connectivity index (χ2n) is 0.960. The monoisotopic (exact) mass is 201 g/mol. The summed E-state index contributed by atoms with van der Waals surface area (Å²) >= 11 is 0. The molecule has 11 heavy (non-hydrogen) atoms. The molecule has 0 aromatic heterocycles. The zero-order valence-electron chi connectivity index (χ0n) is 7.06. The van der Waals surface area contributed by atoms with E-state index in [0.29, 0.717) is 6.54 Å². The van der Waals surface area contributed by atoms with Gasteiger partial charge >= 0.3 is 40.0 Å². The van der Waals surface area contributed by atoms with Crippen molar-refractivity contribution in [2.45, 2.75) is 0 Å². The number of aliphatic hydroxyl groups excluding tert-OH is 1. The summed E-state index contributed by atoms with van der Waals surface area (Å²) < 4.78 is 31.6. The van der Waals surface area contributed by atoms with E-state index in [1.54, 1.807) is 0 Å². The van der Waals surface area contributed by atoms with Gasteiger partial charge in [0.1, 0.15) is 0 Å². The van der Waals surface area contributed by atoms with Crippen LogP contribution in [0.3, 0.4) is 0 Å². The molecule has 0 aliphatic carbocycles. The van der Waals surface area contributed by atoms with Gasteiger partial charge in [0.05, 0.1) is 6.61 Å². The van der Waals surface area contributed by atoms with Crippen LogP contribution in [0, 0.1) is 0 Å². The van der Waals surface area contributed by atoms with E-state index in [1.807, 2.05) is 0 Å². The van der Waals surface area contributed by atoms with E-state index in [2.05, 4.69) is 0 Å². The third kappa shape index (κ3) is 269. The maximum Gasteiger partial charge on any atom is 1.00 e. The van der Waals surface area contributed by atoms with Gasteiger partial charge in [-0.15, -0.1) is 0 Å². The Morgan fingerprint density at radius 1 is 1.36 bits per heavy atom. The van der Waals surface area contributed by atoms with Crippen molar-refractivity contribution >= 4 is 10.4 Å². The molecule has 0 aliphatic heterocycles. The Hall–Kier alpha value is 0.750. The predicted molar refractivity (Wildman–Crippen MR) is 35.0 cm³/mol. The summed E-state index contributed by atoms with van der Waals surface area (Å²) in [5, 5.41) is 7.75. The summed E-state index contributed by atoms with van der Waals surface area (Å²) in [5.41, 5.74) is 4.78.